The van der Waals surface area contributed by atoms with Crippen LogP contribution in [0.5, 0.6) is 0 Å². The Kier molecular flexibility index (Phi) is 4.48. The average Bonchev–Trinajstić information content (AvgIpc) is 2.41. The maximum absolute atomic E-state index is 12.3. The van der Waals surface area contributed by atoms with Crippen molar-refractivity contribution in [2.75, 3.05) is 13.1 Å². The zero-order valence-electron chi connectivity index (χ0n) is 10.7. The quantitative estimate of drug-likeness (QED) is 0.839. The molecule has 0 aliphatic carbocycles. The van der Waals surface area contributed by atoms with Gasteiger partial charge in [-0.05, 0) is 24.6 Å². The van der Waals surface area contributed by atoms with E-state index in [9.17, 15) is 9.59 Å². The molecule has 0 N–H and O–H groups in total. The van der Waals surface area contributed by atoms with Gasteiger partial charge in [-0.2, -0.15) is 0 Å². The van der Waals surface area contributed by atoms with Crippen LogP contribution in [0.1, 0.15) is 30.1 Å². The standard InChI is InChI=1S/C14H15Cl2NO2/c1-2-9-8-17(6-5-13(9)18)14(19)10-3-4-11(15)12(16)7-10/h3-4,7,9H,2,5-6,8H2,1H3. The fourth-order valence-electron chi connectivity index (χ4n) is 2.26. The SMILES string of the molecule is CCC1CN(C(=O)c2ccc(Cl)c(Cl)c2)CCC1=O. The highest BCUT2D eigenvalue weighted by molar-refractivity contribution is 6.42. The maximum Gasteiger partial charge on any atom is 0.253 e. The van der Waals surface area contributed by atoms with Crippen molar-refractivity contribution in [1.82, 2.24) is 4.90 Å². The zero-order valence-corrected chi connectivity index (χ0v) is 12.2. The molecule has 1 aromatic rings. The number of carbonyl (C=O) groups is 2. The van der Waals surface area contributed by atoms with Gasteiger partial charge in [0.05, 0.1) is 10.0 Å². The number of benzene rings is 1. The van der Waals surface area contributed by atoms with Gasteiger partial charge in [-0.15, -0.1) is 0 Å². The van der Waals surface area contributed by atoms with E-state index in [0.29, 0.717) is 35.1 Å². The van der Waals surface area contributed by atoms with E-state index in [4.69, 9.17) is 23.2 Å². The lowest BCUT2D eigenvalue weighted by atomic mass is 9.93. The maximum atomic E-state index is 12.3. The van der Waals surface area contributed by atoms with Crippen LogP contribution in [0.25, 0.3) is 0 Å². The molecule has 1 aromatic carbocycles. The van der Waals surface area contributed by atoms with Gasteiger partial charge in [0, 0.05) is 31.0 Å². The molecular weight excluding hydrogens is 285 g/mol. The molecule has 0 spiro atoms. The summed E-state index contributed by atoms with van der Waals surface area (Å²) in [6.07, 6.45) is 1.20. The number of carbonyl (C=O) groups excluding carboxylic acids is 2. The third kappa shape index (κ3) is 3.10. The number of amides is 1. The van der Waals surface area contributed by atoms with E-state index in [-0.39, 0.29) is 17.6 Å². The molecule has 0 saturated carbocycles. The largest absolute Gasteiger partial charge is 0.337 e. The first-order valence-electron chi connectivity index (χ1n) is 6.30. The third-order valence-electron chi connectivity index (χ3n) is 3.47. The molecule has 3 nitrogen and oxygen atoms in total. The molecule has 102 valence electrons. The lowest BCUT2D eigenvalue weighted by Crippen LogP contribution is -2.43. The smallest absolute Gasteiger partial charge is 0.253 e. The molecule has 1 aliphatic heterocycles. The van der Waals surface area contributed by atoms with Gasteiger partial charge in [-0.3, -0.25) is 9.59 Å². The van der Waals surface area contributed by atoms with E-state index in [1.54, 1.807) is 23.1 Å². The first-order valence-corrected chi connectivity index (χ1v) is 7.05. The minimum atomic E-state index is -0.0930. The topological polar surface area (TPSA) is 37.4 Å². The summed E-state index contributed by atoms with van der Waals surface area (Å²) in [5, 5.41) is 0.797. The van der Waals surface area contributed by atoms with Crippen LogP contribution in [-0.4, -0.2) is 29.7 Å². The summed E-state index contributed by atoms with van der Waals surface area (Å²) >= 11 is 11.8. The Bertz CT molecular complexity index is 516. The van der Waals surface area contributed by atoms with Crippen LogP contribution in [0.15, 0.2) is 18.2 Å². The summed E-state index contributed by atoms with van der Waals surface area (Å²) in [6.45, 7) is 2.94. The monoisotopic (exact) mass is 299 g/mol. The van der Waals surface area contributed by atoms with Crippen molar-refractivity contribution in [2.24, 2.45) is 5.92 Å². The number of likely N-dealkylation sites (tertiary alicyclic amines) is 1. The molecule has 1 unspecified atom stereocenters. The predicted molar refractivity (Wildman–Crippen MR) is 75.8 cm³/mol. The van der Waals surface area contributed by atoms with Crippen LogP contribution in [-0.2, 0) is 4.79 Å². The van der Waals surface area contributed by atoms with Crippen LogP contribution < -0.4 is 0 Å². The van der Waals surface area contributed by atoms with Crippen molar-refractivity contribution in [3.8, 4) is 0 Å². The van der Waals surface area contributed by atoms with E-state index in [0.717, 1.165) is 6.42 Å². The highest BCUT2D eigenvalue weighted by atomic mass is 35.5. The minimum absolute atomic E-state index is 0.0412. The van der Waals surface area contributed by atoms with Gasteiger partial charge in [-0.1, -0.05) is 30.1 Å². The van der Waals surface area contributed by atoms with Crippen molar-refractivity contribution < 1.29 is 9.59 Å². The lowest BCUT2D eigenvalue weighted by Gasteiger charge is -2.31. The van der Waals surface area contributed by atoms with Crippen LogP contribution in [0.2, 0.25) is 10.0 Å². The minimum Gasteiger partial charge on any atom is -0.337 e. The molecule has 1 atom stereocenters. The van der Waals surface area contributed by atoms with Gasteiger partial charge < -0.3 is 4.90 Å². The molecule has 19 heavy (non-hydrogen) atoms. The molecular formula is C14H15Cl2NO2. The van der Waals surface area contributed by atoms with Crippen LogP contribution in [0.4, 0.5) is 0 Å². The zero-order chi connectivity index (χ0) is 14.0. The molecule has 1 fully saturated rings. The Hall–Kier alpha value is -1.06. The molecule has 1 aliphatic rings. The van der Waals surface area contributed by atoms with Crippen molar-refractivity contribution in [1.29, 1.82) is 0 Å². The van der Waals surface area contributed by atoms with Gasteiger partial charge in [0.1, 0.15) is 5.78 Å². The fraction of sp³-hybridized carbons (Fsp3) is 0.429. The number of Topliss-reactive ketones (excluding diaryl/α,β-unsaturated/α-hetero) is 1. The first kappa shape index (κ1) is 14.4. The number of piperidine rings is 1. The molecule has 1 heterocycles. The van der Waals surface area contributed by atoms with Crippen molar-refractivity contribution >= 4 is 34.9 Å². The second-order valence-corrected chi connectivity index (χ2v) is 5.52. The first-order chi connectivity index (χ1) is 9.02. The third-order valence-corrected chi connectivity index (χ3v) is 4.21. The highest BCUT2D eigenvalue weighted by Gasteiger charge is 2.29. The molecule has 0 bridgehead atoms. The number of ketones is 1. The normalized spacial score (nSPS) is 19.6. The van der Waals surface area contributed by atoms with Gasteiger partial charge in [-0.25, -0.2) is 0 Å². The van der Waals surface area contributed by atoms with E-state index >= 15 is 0 Å². The Labute approximate surface area is 122 Å². The Morgan fingerprint density at radius 2 is 2.11 bits per heavy atom. The molecule has 0 radical (unpaired) electrons. The summed E-state index contributed by atoms with van der Waals surface area (Å²) < 4.78 is 0. The van der Waals surface area contributed by atoms with Gasteiger partial charge in [0.15, 0.2) is 0 Å². The number of halogens is 2. The summed E-state index contributed by atoms with van der Waals surface area (Å²) in [5.41, 5.74) is 0.513. The molecule has 5 heteroatoms. The Balaban J connectivity index is 2.15. The van der Waals surface area contributed by atoms with Crippen LogP contribution in [0, 0.1) is 5.92 Å². The summed E-state index contributed by atoms with van der Waals surface area (Å²) in [5.74, 6) is 0.116. The van der Waals surface area contributed by atoms with E-state index in [2.05, 4.69) is 0 Å². The summed E-state index contributed by atoms with van der Waals surface area (Å²) in [6, 6.07) is 4.85. The highest BCUT2D eigenvalue weighted by Crippen LogP contribution is 2.24. The lowest BCUT2D eigenvalue weighted by molar-refractivity contribution is -0.125. The second kappa shape index (κ2) is 5.93. The molecule has 1 amide bonds. The summed E-state index contributed by atoms with van der Waals surface area (Å²) in [7, 11) is 0. The number of hydrogen-bond acceptors (Lipinski definition) is 2. The number of rotatable bonds is 2. The molecule has 2 rings (SSSR count). The predicted octanol–water partition coefficient (Wildman–Crippen LogP) is 3.43. The van der Waals surface area contributed by atoms with Gasteiger partial charge in [0.2, 0.25) is 0 Å². The van der Waals surface area contributed by atoms with Crippen molar-refractivity contribution in [3.63, 3.8) is 0 Å². The van der Waals surface area contributed by atoms with Crippen LogP contribution in [0.3, 0.4) is 0 Å². The fourth-order valence-corrected chi connectivity index (χ4v) is 2.56. The van der Waals surface area contributed by atoms with Gasteiger partial charge >= 0.3 is 0 Å². The number of nitrogens with zero attached hydrogens (tertiary/aromatic N) is 1. The number of hydrogen-bond donors (Lipinski definition) is 0. The average molecular weight is 300 g/mol. The second-order valence-electron chi connectivity index (χ2n) is 4.70. The molecule has 1 saturated heterocycles. The summed E-state index contributed by atoms with van der Waals surface area (Å²) in [4.78, 5) is 25.7. The van der Waals surface area contributed by atoms with Crippen LogP contribution >= 0.6 is 23.2 Å². The van der Waals surface area contributed by atoms with E-state index in [1.807, 2.05) is 6.92 Å². The molecule has 0 aromatic heterocycles. The van der Waals surface area contributed by atoms with Crippen molar-refractivity contribution in [2.45, 2.75) is 19.8 Å². The van der Waals surface area contributed by atoms with E-state index < -0.39 is 0 Å². The Morgan fingerprint density at radius 1 is 1.37 bits per heavy atom. The van der Waals surface area contributed by atoms with E-state index in [1.165, 1.54) is 0 Å². The van der Waals surface area contributed by atoms with Crippen molar-refractivity contribution in [3.05, 3.63) is 33.8 Å². The van der Waals surface area contributed by atoms with Gasteiger partial charge in [0.25, 0.3) is 5.91 Å². The Morgan fingerprint density at radius 3 is 2.74 bits per heavy atom.